The van der Waals surface area contributed by atoms with E-state index in [-0.39, 0.29) is 6.04 Å². The third kappa shape index (κ3) is 3.84. The van der Waals surface area contributed by atoms with E-state index in [9.17, 15) is 0 Å². The fourth-order valence-corrected chi connectivity index (χ4v) is 2.35. The predicted octanol–water partition coefficient (Wildman–Crippen LogP) is 3.91. The van der Waals surface area contributed by atoms with Crippen molar-refractivity contribution in [1.29, 1.82) is 0 Å². The number of ether oxygens (including phenoxy) is 1. The highest BCUT2D eigenvalue weighted by molar-refractivity contribution is 9.10. The Kier molecular flexibility index (Phi) is 4.83. The van der Waals surface area contributed by atoms with Gasteiger partial charge in [-0.15, -0.1) is 0 Å². The van der Waals surface area contributed by atoms with Gasteiger partial charge in [0.15, 0.2) is 5.75 Å². The fraction of sp³-hybridized carbons (Fsp3) is 0.400. The van der Waals surface area contributed by atoms with E-state index in [0.717, 1.165) is 28.0 Å². The highest BCUT2D eigenvalue weighted by atomic mass is 79.9. The maximum atomic E-state index is 5.94. The van der Waals surface area contributed by atoms with Crippen molar-refractivity contribution in [2.45, 2.75) is 39.3 Å². The lowest BCUT2D eigenvalue weighted by Crippen LogP contribution is -2.18. The third-order valence-corrected chi connectivity index (χ3v) is 3.39. The van der Waals surface area contributed by atoms with Gasteiger partial charge in [-0.1, -0.05) is 15.9 Å². The van der Waals surface area contributed by atoms with Crippen LogP contribution < -0.4 is 10.5 Å². The molecule has 4 nitrogen and oxygen atoms in total. The molecular formula is C15H20BrN3O. The van der Waals surface area contributed by atoms with Gasteiger partial charge in [0, 0.05) is 16.6 Å². The first-order valence-corrected chi connectivity index (χ1v) is 7.51. The molecule has 2 aromatic rings. The Morgan fingerprint density at radius 1 is 1.35 bits per heavy atom. The molecule has 0 saturated heterocycles. The number of benzene rings is 1. The minimum atomic E-state index is 0.0880. The van der Waals surface area contributed by atoms with Crippen LogP contribution in [0.4, 0.5) is 0 Å². The van der Waals surface area contributed by atoms with Gasteiger partial charge in [-0.3, -0.25) is 4.68 Å². The average Bonchev–Trinajstić information content (AvgIpc) is 2.80. The van der Waals surface area contributed by atoms with Crippen molar-refractivity contribution < 1.29 is 4.74 Å². The second-order valence-corrected chi connectivity index (χ2v) is 6.20. The van der Waals surface area contributed by atoms with E-state index in [4.69, 9.17) is 10.5 Å². The summed E-state index contributed by atoms with van der Waals surface area (Å²) in [6.07, 6.45) is 4.41. The normalized spacial score (nSPS) is 12.7. The zero-order valence-corrected chi connectivity index (χ0v) is 13.6. The zero-order chi connectivity index (χ0) is 14.7. The summed E-state index contributed by atoms with van der Waals surface area (Å²) in [6.45, 7) is 6.15. The summed E-state index contributed by atoms with van der Waals surface area (Å²) in [5.74, 6) is 1.57. The van der Waals surface area contributed by atoms with Crippen LogP contribution in [0.5, 0.6) is 11.5 Å². The number of aromatic nitrogens is 2. The molecule has 0 saturated carbocycles. The summed E-state index contributed by atoms with van der Waals surface area (Å²) in [7, 11) is 0. The first-order valence-electron chi connectivity index (χ1n) is 6.71. The van der Waals surface area contributed by atoms with Gasteiger partial charge >= 0.3 is 0 Å². The second kappa shape index (κ2) is 6.41. The van der Waals surface area contributed by atoms with Gasteiger partial charge in [0.1, 0.15) is 5.75 Å². The third-order valence-electron chi connectivity index (χ3n) is 2.90. The Morgan fingerprint density at radius 3 is 2.70 bits per heavy atom. The van der Waals surface area contributed by atoms with Crippen molar-refractivity contribution in [3.05, 3.63) is 40.6 Å². The first-order chi connectivity index (χ1) is 9.45. The van der Waals surface area contributed by atoms with Crippen LogP contribution in [0.1, 0.15) is 32.4 Å². The molecule has 20 heavy (non-hydrogen) atoms. The highest BCUT2D eigenvalue weighted by Crippen LogP contribution is 2.29. The molecule has 0 aliphatic carbocycles. The Hall–Kier alpha value is -1.33. The average molecular weight is 338 g/mol. The minimum absolute atomic E-state index is 0.0880. The fourth-order valence-electron chi connectivity index (χ4n) is 1.94. The summed E-state index contributed by atoms with van der Waals surface area (Å²) in [5, 5.41) is 4.28. The van der Waals surface area contributed by atoms with E-state index in [1.165, 1.54) is 0 Å². The SMILES string of the molecule is CC(N)Cc1cc(Br)ccc1Oc1cnn(C(C)C)c1. The largest absolute Gasteiger partial charge is 0.454 e. The van der Waals surface area contributed by atoms with Crippen molar-refractivity contribution in [3.63, 3.8) is 0 Å². The van der Waals surface area contributed by atoms with Gasteiger partial charge in [-0.2, -0.15) is 5.10 Å². The molecule has 2 rings (SSSR count). The van der Waals surface area contributed by atoms with Crippen molar-refractivity contribution >= 4 is 15.9 Å². The van der Waals surface area contributed by atoms with Crippen LogP contribution in [0.2, 0.25) is 0 Å². The van der Waals surface area contributed by atoms with Crippen LogP contribution in [0.25, 0.3) is 0 Å². The van der Waals surface area contributed by atoms with E-state index in [2.05, 4.69) is 34.9 Å². The summed E-state index contributed by atoms with van der Waals surface area (Å²) in [4.78, 5) is 0. The van der Waals surface area contributed by atoms with Gasteiger partial charge in [-0.05, 0) is 51.0 Å². The predicted molar refractivity (Wildman–Crippen MR) is 84.2 cm³/mol. The molecule has 1 aromatic heterocycles. The quantitative estimate of drug-likeness (QED) is 0.899. The van der Waals surface area contributed by atoms with E-state index >= 15 is 0 Å². The Labute approximate surface area is 128 Å². The lowest BCUT2D eigenvalue weighted by molar-refractivity contribution is 0.469. The van der Waals surface area contributed by atoms with Crippen molar-refractivity contribution in [1.82, 2.24) is 9.78 Å². The van der Waals surface area contributed by atoms with Gasteiger partial charge in [-0.25, -0.2) is 0 Å². The summed E-state index contributed by atoms with van der Waals surface area (Å²) >= 11 is 3.48. The van der Waals surface area contributed by atoms with Crippen LogP contribution >= 0.6 is 15.9 Å². The van der Waals surface area contributed by atoms with Crippen LogP contribution in [-0.2, 0) is 6.42 Å². The zero-order valence-electron chi connectivity index (χ0n) is 12.0. The van der Waals surface area contributed by atoms with Gasteiger partial charge in [0.05, 0.1) is 12.4 Å². The molecule has 0 amide bonds. The summed E-state index contributed by atoms with van der Waals surface area (Å²) in [6, 6.07) is 6.37. The van der Waals surface area contributed by atoms with Crippen molar-refractivity contribution in [3.8, 4) is 11.5 Å². The number of hydrogen-bond donors (Lipinski definition) is 1. The monoisotopic (exact) mass is 337 g/mol. The molecule has 0 aliphatic heterocycles. The molecule has 108 valence electrons. The van der Waals surface area contributed by atoms with E-state index < -0.39 is 0 Å². The molecule has 2 N–H and O–H groups in total. The van der Waals surface area contributed by atoms with Crippen molar-refractivity contribution in [2.75, 3.05) is 0 Å². The molecule has 1 unspecified atom stereocenters. The van der Waals surface area contributed by atoms with Gasteiger partial charge < -0.3 is 10.5 Å². The number of rotatable bonds is 5. The standard InChI is InChI=1S/C15H20BrN3O/c1-10(2)19-9-14(8-18-19)20-15-5-4-13(16)7-12(15)6-11(3)17/h4-5,7-11H,6,17H2,1-3H3. The molecule has 5 heteroatoms. The lowest BCUT2D eigenvalue weighted by Gasteiger charge is -2.12. The molecule has 0 bridgehead atoms. The van der Waals surface area contributed by atoms with Crippen LogP contribution in [-0.4, -0.2) is 15.8 Å². The number of nitrogens with two attached hydrogens (primary N) is 1. The smallest absolute Gasteiger partial charge is 0.165 e. The summed E-state index contributed by atoms with van der Waals surface area (Å²) < 4.78 is 8.84. The van der Waals surface area contributed by atoms with Crippen molar-refractivity contribution in [2.24, 2.45) is 5.73 Å². The highest BCUT2D eigenvalue weighted by Gasteiger charge is 2.10. The van der Waals surface area contributed by atoms with Crippen LogP contribution in [0.15, 0.2) is 35.1 Å². The lowest BCUT2D eigenvalue weighted by atomic mass is 10.1. The maximum Gasteiger partial charge on any atom is 0.165 e. The number of nitrogens with zero attached hydrogens (tertiary/aromatic N) is 2. The van der Waals surface area contributed by atoms with Crippen LogP contribution in [0, 0.1) is 0 Å². The first kappa shape index (κ1) is 15.1. The molecular weight excluding hydrogens is 318 g/mol. The Balaban J connectivity index is 2.23. The number of halogens is 1. The topological polar surface area (TPSA) is 53.1 Å². The summed E-state index contributed by atoms with van der Waals surface area (Å²) in [5.41, 5.74) is 6.98. The molecule has 0 aliphatic rings. The Morgan fingerprint density at radius 2 is 2.10 bits per heavy atom. The molecule has 0 radical (unpaired) electrons. The van der Waals surface area contributed by atoms with E-state index in [1.54, 1.807) is 6.20 Å². The van der Waals surface area contributed by atoms with Gasteiger partial charge in [0.25, 0.3) is 0 Å². The minimum Gasteiger partial charge on any atom is -0.454 e. The maximum absolute atomic E-state index is 5.94. The molecule has 0 fully saturated rings. The molecule has 1 atom stereocenters. The Bertz CT molecular complexity index is 578. The number of hydrogen-bond acceptors (Lipinski definition) is 3. The van der Waals surface area contributed by atoms with E-state index in [1.807, 2.05) is 36.0 Å². The van der Waals surface area contributed by atoms with Gasteiger partial charge in [0.2, 0.25) is 0 Å². The second-order valence-electron chi connectivity index (χ2n) is 5.29. The van der Waals surface area contributed by atoms with Crippen LogP contribution in [0.3, 0.4) is 0 Å². The molecule has 1 heterocycles. The van der Waals surface area contributed by atoms with E-state index in [0.29, 0.717) is 6.04 Å². The molecule has 1 aromatic carbocycles. The molecule has 0 spiro atoms.